The minimum atomic E-state index is 0.0575. The summed E-state index contributed by atoms with van der Waals surface area (Å²) in [5.41, 5.74) is 2.38. The van der Waals surface area contributed by atoms with E-state index < -0.39 is 0 Å². The number of carbonyl (C=O) groups is 1. The largest absolute Gasteiger partial charge is 0.372 e. The van der Waals surface area contributed by atoms with Gasteiger partial charge in [-0.1, -0.05) is 41.0 Å². The molecule has 3 nitrogen and oxygen atoms in total. The molecule has 0 aromatic heterocycles. The van der Waals surface area contributed by atoms with Crippen molar-refractivity contribution in [3.63, 3.8) is 0 Å². The van der Waals surface area contributed by atoms with Crippen LogP contribution in [0.3, 0.4) is 0 Å². The molecule has 1 aromatic rings. The van der Waals surface area contributed by atoms with Crippen molar-refractivity contribution >= 4 is 11.6 Å². The predicted octanol–water partition coefficient (Wildman–Crippen LogP) is 4.87. The molecule has 2 aliphatic rings. The van der Waals surface area contributed by atoms with Crippen molar-refractivity contribution in [2.24, 2.45) is 16.7 Å². The summed E-state index contributed by atoms with van der Waals surface area (Å²) in [5.74, 6) is 0.942. The smallest absolute Gasteiger partial charge is 0.251 e. The molecule has 25 heavy (non-hydrogen) atoms. The van der Waals surface area contributed by atoms with Crippen molar-refractivity contribution in [3.05, 3.63) is 29.8 Å². The molecule has 1 heterocycles. The Morgan fingerprint density at radius 2 is 1.64 bits per heavy atom. The second-order valence-corrected chi connectivity index (χ2v) is 9.45. The van der Waals surface area contributed by atoms with Crippen LogP contribution >= 0.6 is 0 Å². The van der Waals surface area contributed by atoms with Gasteiger partial charge in [0.25, 0.3) is 5.91 Å². The van der Waals surface area contributed by atoms with Crippen LogP contribution in [-0.4, -0.2) is 25.0 Å². The minimum absolute atomic E-state index is 0.0575. The van der Waals surface area contributed by atoms with E-state index in [0.717, 1.165) is 31.0 Å². The fourth-order valence-corrected chi connectivity index (χ4v) is 5.33. The Hall–Kier alpha value is -1.51. The number of nitrogens with one attached hydrogen (secondary N) is 1. The molecule has 3 heteroatoms. The molecule has 1 saturated heterocycles. The maximum atomic E-state index is 12.7. The van der Waals surface area contributed by atoms with E-state index in [1.54, 1.807) is 0 Å². The molecule has 0 bridgehead atoms. The molecule has 1 N–H and O–H groups in total. The van der Waals surface area contributed by atoms with Gasteiger partial charge < -0.3 is 10.2 Å². The number of piperidine rings is 1. The average molecular weight is 343 g/mol. The van der Waals surface area contributed by atoms with Crippen LogP contribution in [0.2, 0.25) is 0 Å². The normalized spacial score (nSPS) is 23.2. The number of hydrogen-bond donors (Lipinski definition) is 1. The van der Waals surface area contributed by atoms with E-state index >= 15 is 0 Å². The van der Waals surface area contributed by atoms with Gasteiger partial charge in [-0.15, -0.1) is 0 Å². The summed E-state index contributed by atoms with van der Waals surface area (Å²) in [4.78, 5) is 15.1. The Morgan fingerprint density at radius 3 is 2.12 bits per heavy atom. The van der Waals surface area contributed by atoms with Crippen LogP contribution in [0.25, 0.3) is 0 Å². The zero-order valence-corrected chi connectivity index (χ0v) is 16.6. The Morgan fingerprint density at radius 1 is 1.08 bits per heavy atom. The van der Waals surface area contributed by atoms with E-state index in [4.69, 9.17) is 0 Å². The number of carbonyl (C=O) groups excluding carboxylic acids is 1. The van der Waals surface area contributed by atoms with E-state index in [1.807, 2.05) is 12.1 Å². The summed E-state index contributed by atoms with van der Waals surface area (Å²) in [6.07, 6.45) is 5.01. The van der Waals surface area contributed by atoms with Crippen molar-refractivity contribution in [2.75, 3.05) is 18.0 Å². The third-order valence-electron chi connectivity index (χ3n) is 6.44. The van der Waals surface area contributed by atoms with Gasteiger partial charge in [0.2, 0.25) is 0 Å². The molecule has 1 aliphatic carbocycles. The highest BCUT2D eigenvalue weighted by Gasteiger charge is 2.53. The summed E-state index contributed by atoms with van der Waals surface area (Å²) in [7, 11) is 0. The average Bonchev–Trinajstić information content (AvgIpc) is 2.58. The van der Waals surface area contributed by atoms with E-state index in [-0.39, 0.29) is 22.8 Å². The Labute approximate surface area is 153 Å². The van der Waals surface area contributed by atoms with Gasteiger partial charge in [0.1, 0.15) is 0 Å². The topological polar surface area (TPSA) is 32.3 Å². The number of rotatable bonds is 4. The first-order valence-corrected chi connectivity index (χ1v) is 9.89. The second kappa shape index (κ2) is 6.66. The third kappa shape index (κ3) is 3.70. The van der Waals surface area contributed by atoms with Gasteiger partial charge in [-0.05, 0) is 60.3 Å². The Bertz CT molecular complexity index is 595. The standard InChI is InChI=1S/C22H34N2O/c1-6-16-11-13-24(14-12-16)18-9-7-17(8-10-18)19(25)23-20-21(2,3)15-22(20,4)5/h7-10,16,20H,6,11-15H2,1-5H3,(H,23,25). The fraction of sp³-hybridized carbons (Fsp3) is 0.682. The lowest BCUT2D eigenvalue weighted by molar-refractivity contribution is -0.0366. The van der Waals surface area contributed by atoms with Crippen molar-refractivity contribution in [3.8, 4) is 0 Å². The van der Waals surface area contributed by atoms with Crippen LogP contribution in [0, 0.1) is 16.7 Å². The van der Waals surface area contributed by atoms with Crippen LogP contribution < -0.4 is 10.2 Å². The minimum Gasteiger partial charge on any atom is -0.372 e. The maximum Gasteiger partial charge on any atom is 0.251 e. The summed E-state index contributed by atoms with van der Waals surface area (Å²) < 4.78 is 0. The SMILES string of the molecule is CCC1CCN(c2ccc(C(=O)NC3C(C)(C)CC3(C)C)cc2)CC1. The molecule has 3 rings (SSSR count). The van der Waals surface area contributed by atoms with Gasteiger partial charge in [0.05, 0.1) is 0 Å². The first kappa shape index (κ1) is 18.3. The number of nitrogens with zero attached hydrogens (tertiary/aromatic N) is 1. The van der Waals surface area contributed by atoms with E-state index in [9.17, 15) is 4.79 Å². The first-order valence-electron chi connectivity index (χ1n) is 9.89. The lowest BCUT2D eigenvalue weighted by Crippen LogP contribution is -2.63. The van der Waals surface area contributed by atoms with Crippen LogP contribution in [0.1, 0.15) is 70.7 Å². The molecule has 1 aliphatic heterocycles. The van der Waals surface area contributed by atoms with Gasteiger partial charge >= 0.3 is 0 Å². The first-order chi connectivity index (χ1) is 11.7. The molecular weight excluding hydrogens is 308 g/mol. The van der Waals surface area contributed by atoms with Crippen molar-refractivity contribution in [1.82, 2.24) is 5.32 Å². The van der Waals surface area contributed by atoms with Crippen molar-refractivity contribution in [1.29, 1.82) is 0 Å². The van der Waals surface area contributed by atoms with E-state index in [2.05, 4.69) is 57.0 Å². The highest BCUT2D eigenvalue weighted by molar-refractivity contribution is 5.95. The molecular formula is C22H34N2O. The maximum absolute atomic E-state index is 12.7. The van der Waals surface area contributed by atoms with Crippen LogP contribution in [0.4, 0.5) is 5.69 Å². The van der Waals surface area contributed by atoms with Gasteiger partial charge in [-0.25, -0.2) is 0 Å². The van der Waals surface area contributed by atoms with Crippen molar-refractivity contribution < 1.29 is 4.79 Å². The zero-order valence-electron chi connectivity index (χ0n) is 16.6. The molecule has 1 amide bonds. The molecule has 0 spiro atoms. The van der Waals surface area contributed by atoms with E-state index in [1.165, 1.54) is 24.9 Å². The van der Waals surface area contributed by atoms with Gasteiger partial charge in [-0.2, -0.15) is 0 Å². The molecule has 0 atom stereocenters. The highest BCUT2D eigenvalue weighted by atomic mass is 16.1. The molecule has 138 valence electrons. The third-order valence-corrected chi connectivity index (χ3v) is 6.44. The summed E-state index contributed by atoms with van der Waals surface area (Å²) in [5, 5.41) is 3.27. The Balaban J connectivity index is 1.61. The predicted molar refractivity (Wildman–Crippen MR) is 105 cm³/mol. The lowest BCUT2D eigenvalue weighted by atomic mass is 9.52. The fourth-order valence-electron chi connectivity index (χ4n) is 5.33. The summed E-state index contributed by atoms with van der Waals surface area (Å²) >= 11 is 0. The number of anilines is 1. The number of benzene rings is 1. The quantitative estimate of drug-likeness (QED) is 0.847. The molecule has 1 saturated carbocycles. The molecule has 2 fully saturated rings. The number of hydrogen-bond acceptors (Lipinski definition) is 2. The number of amides is 1. The molecule has 0 unspecified atom stereocenters. The summed E-state index contributed by atoms with van der Waals surface area (Å²) in [6, 6.07) is 8.42. The van der Waals surface area contributed by atoms with Crippen LogP contribution in [0.15, 0.2) is 24.3 Å². The van der Waals surface area contributed by atoms with Crippen LogP contribution in [0.5, 0.6) is 0 Å². The zero-order chi connectivity index (χ0) is 18.2. The van der Waals surface area contributed by atoms with Gasteiger partial charge in [0.15, 0.2) is 0 Å². The molecule has 1 aromatic carbocycles. The Kier molecular flexibility index (Phi) is 4.87. The second-order valence-electron chi connectivity index (χ2n) is 9.45. The van der Waals surface area contributed by atoms with Crippen molar-refractivity contribution in [2.45, 2.75) is 66.3 Å². The molecule has 0 radical (unpaired) electrons. The lowest BCUT2D eigenvalue weighted by Gasteiger charge is -2.57. The highest BCUT2D eigenvalue weighted by Crippen LogP contribution is 2.53. The monoisotopic (exact) mass is 342 g/mol. The summed E-state index contributed by atoms with van der Waals surface area (Å²) in [6.45, 7) is 13.5. The van der Waals surface area contributed by atoms with Gasteiger partial charge in [0, 0.05) is 30.4 Å². The van der Waals surface area contributed by atoms with Crippen LogP contribution in [-0.2, 0) is 0 Å². The van der Waals surface area contributed by atoms with Gasteiger partial charge in [-0.3, -0.25) is 4.79 Å². The van der Waals surface area contributed by atoms with E-state index in [0.29, 0.717) is 0 Å².